The van der Waals surface area contributed by atoms with Crippen molar-refractivity contribution in [3.8, 4) is 11.5 Å². The Morgan fingerprint density at radius 3 is 2.59 bits per heavy atom. The molecule has 1 N–H and O–H groups in total. The fraction of sp³-hybridized carbons (Fsp3) is 0.538. The number of hydrogen-bond acceptors (Lipinski definition) is 4. The molecule has 0 amide bonds. The van der Waals surface area contributed by atoms with E-state index in [1.807, 2.05) is 19.2 Å². The third kappa shape index (κ3) is 4.24. The van der Waals surface area contributed by atoms with Crippen LogP contribution in [-0.2, 0) is 6.42 Å². The minimum atomic E-state index is 0.828. The zero-order chi connectivity index (χ0) is 12.7. The maximum Gasteiger partial charge on any atom is 0.125 e. The lowest BCUT2D eigenvalue weighted by atomic mass is 10.1. The van der Waals surface area contributed by atoms with Crippen molar-refractivity contribution in [1.82, 2.24) is 10.2 Å². The van der Waals surface area contributed by atoms with Crippen LogP contribution < -0.4 is 14.8 Å². The number of nitrogens with zero attached hydrogens (tertiary/aromatic N) is 1. The SMILES string of the molecule is CNCN(C)CCc1ccc(OC)cc1OC. The summed E-state index contributed by atoms with van der Waals surface area (Å²) in [4.78, 5) is 2.23. The zero-order valence-electron chi connectivity index (χ0n) is 11.1. The van der Waals surface area contributed by atoms with Crippen LogP contribution >= 0.6 is 0 Å². The second-order valence-corrected chi connectivity index (χ2v) is 4.02. The van der Waals surface area contributed by atoms with E-state index in [2.05, 4.69) is 23.3 Å². The van der Waals surface area contributed by atoms with Gasteiger partial charge in [-0.05, 0) is 32.1 Å². The van der Waals surface area contributed by atoms with Crippen molar-refractivity contribution in [3.63, 3.8) is 0 Å². The van der Waals surface area contributed by atoms with Crippen molar-refractivity contribution in [2.75, 3.05) is 41.5 Å². The van der Waals surface area contributed by atoms with Crippen molar-refractivity contribution >= 4 is 0 Å². The van der Waals surface area contributed by atoms with Crippen LogP contribution in [0.15, 0.2) is 18.2 Å². The van der Waals surface area contributed by atoms with Gasteiger partial charge in [0, 0.05) is 19.3 Å². The Bertz CT molecular complexity index is 342. The molecule has 0 fully saturated rings. The molecule has 1 aromatic rings. The molecular weight excluding hydrogens is 216 g/mol. The highest BCUT2D eigenvalue weighted by Crippen LogP contribution is 2.24. The summed E-state index contributed by atoms with van der Waals surface area (Å²) in [5, 5.41) is 3.13. The maximum atomic E-state index is 5.37. The van der Waals surface area contributed by atoms with Gasteiger partial charge in [0.15, 0.2) is 0 Å². The molecular formula is C13H22N2O2. The highest BCUT2D eigenvalue weighted by molar-refractivity contribution is 5.40. The normalized spacial score (nSPS) is 10.6. The summed E-state index contributed by atoms with van der Waals surface area (Å²) in [5.41, 5.74) is 1.20. The van der Waals surface area contributed by atoms with E-state index in [1.54, 1.807) is 14.2 Å². The zero-order valence-corrected chi connectivity index (χ0v) is 11.1. The summed E-state index contributed by atoms with van der Waals surface area (Å²) in [6.45, 7) is 1.88. The van der Waals surface area contributed by atoms with Crippen molar-refractivity contribution in [2.45, 2.75) is 6.42 Å². The number of benzene rings is 1. The molecule has 1 aromatic carbocycles. The third-order valence-electron chi connectivity index (χ3n) is 2.69. The molecule has 0 bridgehead atoms. The van der Waals surface area contributed by atoms with Gasteiger partial charge < -0.3 is 14.8 Å². The summed E-state index contributed by atoms with van der Waals surface area (Å²) >= 11 is 0. The predicted octanol–water partition coefficient (Wildman–Crippen LogP) is 1.35. The van der Waals surface area contributed by atoms with E-state index in [1.165, 1.54) is 5.56 Å². The van der Waals surface area contributed by atoms with E-state index in [0.717, 1.165) is 31.1 Å². The third-order valence-corrected chi connectivity index (χ3v) is 2.69. The summed E-state index contributed by atoms with van der Waals surface area (Å²) in [5.74, 6) is 1.72. The van der Waals surface area contributed by atoms with Crippen LogP contribution in [0.5, 0.6) is 11.5 Å². The first-order chi connectivity index (χ1) is 8.21. The van der Waals surface area contributed by atoms with Gasteiger partial charge in [-0.25, -0.2) is 0 Å². The van der Waals surface area contributed by atoms with Gasteiger partial charge in [-0.1, -0.05) is 6.07 Å². The molecule has 0 aliphatic rings. The van der Waals surface area contributed by atoms with Crippen LogP contribution in [0.25, 0.3) is 0 Å². The number of ether oxygens (including phenoxy) is 2. The Hall–Kier alpha value is -1.26. The lowest BCUT2D eigenvalue weighted by molar-refractivity contribution is 0.318. The minimum Gasteiger partial charge on any atom is -0.497 e. The van der Waals surface area contributed by atoms with Crippen LogP contribution in [0.2, 0.25) is 0 Å². The number of likely N-dealkylation sites (N-methyl/N-ethyl adjacent to an activating group) is 1. The van der Waals surface area contributed by atoms with E-state index >= 15 is 0 Å². The Balaban J connectivity index is 2.63. The van der Waals surface area contributed by atoms with Crippen LogP contribution in [0.1, 0.15) is 5.56 Å². The summed E-state index contributed by atoms with van der Waals surface area (Å²) < 4.78 is 10.5. The van der Waals surface area contributed by atoms with Crippen molar-refractivity contribution in [3.05, 3.63) is 23.8 Å². The fourth-order valence-corrected chi connectivity index (χ4v) is 1.72. The molecule has 0 saturated carbocycles. The van der Waals surface area contributed by atoms with E-state index in [4.69, 9.17) is 9.47 Å². The molecule has 0 spiro atoms. The molecule has 0 aliphatic heterocycles. The molecule has 4 nitrogen and oxygen atoms in total. The van der Waals surface area contributed by atoms with Gasteiger partial charge in [-0.15, -0.1) is 0 Å². The highest BCUT2D eigenvalue weighted by atomic mass is 16.5. The molecule has 1 rings (SSSR count). The minimum absolute atomic E-state index is 0.828. The van der Waals surface area contributed by atoms with Gasteiger partial charge >= 0.3 is 0 Å². The van der Waals surface area contributed by atoms with Crippen molar-refractivity contribution in [2.24, 2.45) is 0 Å². The second kappa shape index (κ2) is 7.14. The average Bonchev–Trinajstić information content (AvgIpc) is 2.36. The highest BCUT2D eigenvalue weighted by Gasteiger charge is 2.06. The largest absolute Gasteiger partial charge is 0.497 e. The first-order valence-electron chi connectivity index (χ1n) is 5.75. The lowest BCUT2D eigenvalue weighted by Crippen LogP contribution is -2.30. The van der Waals surface area contributed by atoms with E-state index in [0.29, 0.717) is 0 Å². The van der Waals surface area contributed by atoms with Gasteiger partial charge in [0.05, 0.1) is 14.2 Å². The lowest BCUT2D eigenvalue weighted by Gasteiger charge is -2.17. The molecule has 17 heavy (non-hydrogen) atoms. The molecule has 96 valence electrons. The molecule has 0 aliphatic carbocycles. The first kappa shape index (κ1) is 13.8. The first-order valence-corrected chi connectivity index (χ1v) is 5.75. The summed E-state index contributed by atoms with van der Waals surface area (Å²) in [7, 11) is 7.39. The van der Waals surface area contributed by atoms with Crippen molar-refractivity contribution < 1.29 is 9.47 Å². The Morgan fingerprint density at radius 2 is 2.00 bits per heavy atom. The number of nitrogens with one attached hydrogen (secondary N) is 1. The maximum absolute atomic E-state index is 5.37. The summed E-state index contributed by atoms with van der Waals surface area (Å²) in [6, 6.07) is 5.95. The van der Waals surface area contributed by atoms with Crippen LogP contribution in [0.4, 0.5) is 0 Å². The number of hydrogen-bond donors (Lipinski definition) is 1. The molecule has 0 unspecified atom stereocenters. The van der Waals surface area contributed by atoms with Crippen LogP contribution in [0, 0.1) is 0 Å². The Kier molecular flexibility index (Phi) is 5.80. The quantitative estimate of drug-likeness (QED) is 0.727. The molecule has 0 radical (unpaired) electrons. The van der Waals surface area contributed by atoms with Gasteiger partial charge in [-0.2, -0.15) is 0 Å². The monoisotopic (exact) mass is 238 g/mol. The van der Waals surface area contributed by atoms with E-state index in [9.17, 15) is 0 Å². The molecule has 0 aromatic heterocycles. The molecule has 4 heteroatoms. The Morgan fingerprint density at radius 1 is 1.24 bits per heavy atom. The topological polar surface area (TPSA) is 33.7 Å². The molecule has 0 atom stereocenters. The van der Waals surface area contributed by atoms with Crippen LogP contribution in [-0.4, -0.2) is 46.4 Å². The van der Waals surface area contributed by atoms with Gasteiger partial charge in [0.25, 0.3) is 0 Å². The Labute approximate surface area is 104 Å². The smallest absolute Gasteiger partial charge is 0.125 e. The van der Waals surface area contributed by atoms with E-state index < -0.39 is 0 Å². The van der Waals surface area contributed by atoms with Gasteiger partial charge in [-0.3, -0.25) is 4.90 Å². The second-order valence-electron chi connectivity index (χ2n) is 4.02. The number of methoxy groups -OCH3 is 2. The van der Waals surface area contributed by atoms with Crippen LogP contribution in [0.3, 0.4) is 0 Å². The van der Waals surface area contributed by atoms with Gasteiger partial charge in [0.1, 0.15) is 11.5 Å². The standard InChI is InChI=1S/C13H22N2O2/c1-14-10-15(2)8-7-11-5-6-12(16-3)9-13(11)17-4/h5-6,9,14H,7-8,10H2,1-4H3. The predicted molar refractivity (Wildman–Crippen MR) is 69.8 cm³/mol. The van der Waals surface area contributed by atoms with Crippen molar-refractivity contribution in [1.29, 1.82) is 0 Å². The molecule has 0 heterocycles. The summed E-state index contributed by atoms with van der Waals surface area (Å²) in [6.07, 6.45) is 0.964. The molecule has 0 saturated heterocycles. The van der Waals surface area contributed by atoms with E-state index in [-0.39, 0.29) is 0 Å². The van der Waals surface area contributed by atoms with Gasteiger partial charge in [0.2, 0.25) is 0 Å². The fourth-order valence-electron chi connectivity index (χ4n) is 1.72. The number of rotatable bonds is 7. The average molecular weight is 238 g/mol.